The lowest BCUT2D eigenvalue weighted by molar-refractivity contribution is -0.169. The number of unbranched alkanes of at least 4 members (excludes halogenated alkanes) is 1. The van der Waals surface area contributed by atoms with Crippen molar-refractivity contribution >= 4 is 11.9 Å². The normalized spacial score (nSPS) is 14.6. The van der Waals surface area contributed by atoms with Crippen LogP contribution in [-0.2, 0) is 75.9 Å². The SMILES string of the molecule is O=C(O)CCCCC(=O)OCCOCCOCCOCCOCCOCCOCCOCCOCCOCCOCCOCCOC1CCCCO1. The van der Waals surface area contributed by atoms with E-state index in [2.05, 4.69) is 0 Å². The summed E-state index contributed by atoms with van der Waals surface area (Å²) in [4.78, 5) is 21.9. The van der Waals surface area contributed by atoms with Crippen molar-refractivity contribution in [2.24, 2.45) is 0 Å². The molecular weight excluding hydrogens is 692 g/mol. The Labute approximate surface area is 309 Å². The van der Waals surface area contributed by atoms with Crippen LogP contribution in [0.1, 0.15) is 44.9 Å². The molecule has 17 heteroatoms. The molecule has 0 bridgehead atoms. The molecule has 1 atom stereocenters. The van der Waals surface area contributed by atoms with E-state index in [1.807, 2.05) is 0 Å². The van der Waals surface area contributed by atoms with Crippen molar-refractivity contribution in [3.63, 3.8) is 0 Å². The van der Waals surface area contributed by atoms with E-state index in [1.54, 1.807) is 0 Å². The van der Waals surface area contributed by atoms with Crippen LogP contribution in [0.5, 0.6) is 0 Å². The van der Waals surface area contributed by atoms with Crippen molar-refractivity contribution in [1.29, 1.82) is 0 Å². The van der Waals surface area contributed by atoms with Crippen molar-refractivity contribution in [3.8, 4) is 0 Å². The van der Waals surface area contributed by atoms with E-state index in [4.69, 9.17) is 71.4 Å². The summed E-state index contributed by atoms with van der Waals surface area (Å²) in [6.45, 7) is 11.9. The molecule has 0 aliphatic carbocycles. The van der Waals surface area contributed by atoms with Gasteiger partial charge < -0.3 is 71.4 Å². The maximum Gasteiger partial charge on any atom is 0.305 e. The molecule has 0 aromatic rings. The highest BCUT2D eigenvalue weighted by Crippen LogP contribution is 2.13. The average Bonchev–Trinajstić information content (AvgIpc) is 3.15. The zero-order chi connectivity index (χ0) is 37.3. The van der Waals surface area contributed by atoms with Crippen LogP contribution in [0.3, 0.4) is 0 Å². The number of aliphatic carboxylic acids is 1. The minimum atomic E-state index is -0.864. The van der Waals surface area contributed by atoms with Crippen LogP contribution < -0.4 is 0 Å². The van der Waals surface area contributed by atoms with Gasteiger partial charge in [0.15, 0.2) is 6.29 Å². The second-order valence-corrected chi connectivity index (χ2v) is 11.2. The molecule has 1 aliphatic rings. The topological polar surface area (TPSA) is 184 Å². The summed E-state index contributed by atoms with van der Waals surface area (Å²) in [5, 5.41) is 8.55. The van der Waals surface area contributed by atoms with Crippen LogP contribution >= 0.6 is 0 Å². The Morgan fingerprint density at radius 3 is 1.10 bits per heavy atom. The van der Waals surface area contributed by atoms with Crippen LogP contribution in [0.15, 0.2) is 0 Å². The Hall–Kier alpha value is -1.58. The lowest BCUT2D eigenvalue weighted by atomic mass is 10.2. The molecule has 0 aromatic heterocycles. The Bertz CT molecular complexity index is 757. The van der Waals surface area contributed by atoms with Crippen molar-refractivity contribution in [2.75, 3.05) is 165 Å². The quantitative estimate of drug-likeness (QED) is 0.0703. The number of rotatable bonds is 42. The van der Waals surface area contributed by atoms with Crippen LogP contribution in [0, 0.1) is 0 Å². The smallest absolute Gasteiger partial charge is 0.305 e. The number of carboxylic acids is 1. The number of carboxylic acid groups (broad SMARTS) is 1. The number of hydrogen-bond donors (Lipinski definition) is 1. The van der Waals surface area contributed by atoms with Crippen LogP contribution in [0.2, 0.25) is 0 Å². The van der Waals surface area contributed by atoms with Gasteiger partial charge in [0, 0.05) is 19.4 Å². The fraction of sp³-hybridized carbons (Fsp3) is 0.943. The van der Waals surface area contributed by atoms with Gasteiger partial charge in [-0.2, -0.15) is 0 Å². The van der Waals surface area contributed by atoms with Crippen LogP contribution in [-0.4, -0.2) is 189 Å². The predicted molar refractivity (Wildman–Crippen MR) is 186 cm³/mol. The number of carbonyl (C=O) groups excluding carboxylic acids is 1. The summed E-state index contributed by atoms with van der Waals surface area (Å²) in [5.41, 5.74) is 0. The number of ether oxygens (including phenoxy) is 14. The molecule has 0 spiro atoms. The van der Waals surface area contributed by atoms with E-state index in [0.717, 1.165) is 25.9 Å². The minimum absolute atomic E-state index is 0.0588. The first-order chi connectivity index (χ1) is 25.7. The number of hydrogen-bond acceptors (Lipinski definition) is 16. The summed E-state index contributed by atoms with van der Waals surface area (Å²) >= 11 is 0. The third-order valence-electron chi connectivity index (χ3n) is 6.90. The minimum Gasteiger partial charge on any atom is -0.481 e. The molecule has 0 aromatic carbocycles. The van der Waals surface area contributed by atoms with Gasteiger partial charge in [-0.3, -0.25) is 9.59 Å². The van der Waals surface area contributed by atoms with E-state index < -0.39 is 5.97 Å². The number of esters is 1. The molecule has 17 nitrogen and oxygen atoms in total. The summed E-state index contributed by atoms with van der Waals surface area (Å²) in [6.07, 6.45) is 4.39. The predicted octanol–water partition coefficient (Wildman–Crippen LogP) is 1.90. The van der Waals surface area contributed by atoms with Crippen LogP contribution in [0.25, 0.3) is 0 Å². The van der Waals surface area contributed by atoms with Crippen molar-refractivity contribution in [1.82, 2.24) is 0 Å². The highest BCUT2D eigenvalue weighted by molar-refractivity contribution is 5.69. The van der Waals surface area contributed by atoms with E-state index in [9.17, 15) is 9.59 Å². The fourth-order valence-electron chi connectivity index (χ4n) is 4.21. The van der Waals surface area contributed by atoms with Crippen molar-refractivity contribution in [3.05, 3.63) is 0 Å². The van der Waals surface area contributed by atoms with Gasteiger partial charge in [0.1, 0.15) is 6.61 Å². The molecule has 1 aliphatic heterocycles. The van der Waals surface area contributed by atoms with E-state index >= 15 is 0 Å². The van der Waals surface area contributed by atoms with E-state index in [0.29, 0.717) is 158 Å². The van der Waals surface area contributed by atoms with E-state index in [1.165, 1.54) is 0 Å². The molecule has 1 fully saturated rings. The molecule has 1 saturated heterocycles. The first-order valence-corrected chi connectivity index (χ1v) is 18.6. The molecule has 52 heavy (non-hydrogen) atoms. The zero-order valence-electron chi connectivity index (χ0n) is 31.2. The lowest BCUT2D eigenvalue weighted by Crippen LogP contribution is -2.24. The second-order valence-electron chi connectivity index (χ2n) is 11.2. The third kappa shape index (κ3) is 38.2. The third-order valence-corrected chi connectivity index (χ3v) is 6.90. The summed E-state index contributed by atoms with van der Waals surface area (Å²) < 4.78 is 76.1. The Morgan fingerprint density at radius 1 is 0.442 bits per heavy atom. The molecule has 0 radical (unpaired) electrons. The average molecular weight is 759 g/mol. The molecule has 1 unspecified atom stereocenters. The van der Waals surface area contributed by atoms with Gasteiger partial charge in [0.05, 0.1) is 152 Å². The molecular formula is C35H66O17. The second kappa shape index (κ2) is 40.6. The highest BCUT2D eigenvalue weighted by atomic mass is 16.7. The zero-order valence-corrected chi connectivity index (χ0v) is 31.2. The van der Waals surface area contributed by atoms with Gasteiger partial charge in [-0.15, -0.1) is 0 Å². The maximum atomic E-state index is 11.5. The summed E-state index contributed by atoms with van der Waals surface area (Å²) in [7, 11) is 0. The molecule has 1 N–H and O–H groups in total. The first kappa shape index (κ1) is 48.4. The van der Waals surface area contributed by atoms with Gasteiger partial charge in [-0.05, 0) is 32.1 Å². The lowest BCUT2D eigenvalue weighted by Gasteiger charge is -2.22. The Kier molecular flexibility index (Phi) is 37.8. The molecule has 1 heterocycles. The van der Waals surface area contributed by atoms with Gasteiger partial charge in [0.2, 0.25) is 0 Å². The molecule has 308 valence electrons. The monoisotopic (exact) mass is 758 g/mol. The highest BCUT2D eigenvalue weighted by Gasteiger charge is 2.13. The molecule has 1 rings (SSSR count). The Balaban J connectivity index is 1.61. The fourth-order valence-corrected chi connectivity index (χ4v) is 4.21. The molecule has 0 amide bonds. The van der Waals surface area contributed by atoms with Gasteiger partial charge >= 0.3 is 11.9 Å². The maximum absolute atomic E-state index is 11.5. The van der Waals surface area contributed by atoms with Gasteiger partial charge in [-0.25, -0.2) is 0 Å². The molecule has 0 saturated carbocycles. The Morgan fingerprint density at radius 2 is 0.769 bits per heavy atom. The summed E-state index contributed by atoms with van der Waals surface area (Å²) in [6, 6.07) is 0. The van der Waals surface area contributed by atoms with Crippen LogP contribution in [0.4, 0.5) is 0 Å². The number of carbonyl (C=O) groups is 2. The standard InChI is InChI=1S/C35H66O17/c36-33(37)5-1-2-6-34(38)50-31-29-48-27-25-46-23-21-44-19-17-42-15-13-40-11-9-39-10-12-41-14-16-43-18-20-45-22-24-47-26-28-49-30-32-52-35-7-3-4-8-51-35/h35H,1-32H2,(H,36,37). The largest absolute Gasteiger partial charge is 0.481 e. The van der Waals surface area contributed by atoms with E-state index in [-0.39, 0.29) is 38.3 Å². The van der Waals surface area contributed by atoms with Gasteiger partial charge in [-0.1, -0.05) is 0 Å². The van der Waals surface area contributed by atoms with Crippen molar-refractivity contribution < 1.29 is 81.0 Å². The summed E-state index contributed by atoms with van der Waals surface area (Å²) in [5.74, 6) is -1.21. The first-order valence-electron chi connectivity index (χ1n) is 18.6. The van der Waals surface area contributed by atoms with Gasteiger partial charge in [0.25, 0.3) is 0 Å². The van der Waals surface area contributed by atoms with Crippen molar-refractivity contribution in [2.45, 2.75) is 51.2 Å².